The fourth-order valence-corrected chi connectivity index (χ4v) is 0.634. The van der Waals surface area contributed by atoms with E-state index < -0.39 is 5.97 Å². The third-order valence-electron chi connectivity index (χ3n) is 1.08. The molecule has 1 aromatic carbocycles. The lowest BCUT2D eigenvalue weighted by Gasteiger charge is -1.97. The lowest BCUT2D eigenvalue weighted by atomic mass is 10.3. The lowest BCUT2D eigenvalue weighted by Crippen LogP contribution is -2.07. The van der Waals surface area contributed by atoms with Crippen molar-refractivity contribution in [1.29, 1.82) is 5.41 Å². The number of esters is 1. The van der Waals surface area contributed by atoms with Crippen LogP contribution in [0.25, 0.3) is 0 Å². The van der Waals surface area contributed by atoms with Gasteiger partial charge >= 0.3 is 5.97 Å². The molecule has 0 amide bonds. The first-order valence-corrected chi connectivity index (χ1v) is 3.10. The number of carbonyl (C=O) groups excluding carboxylic acids is 1. The summed E-state index contributed by atoms with van der Waals surface area (Å²) in [4.78, 5) is 10.5. The summed E-state index contributed by atoms with van der Waals surface area (Å²) in [6.07, 6.45) is 0.632. The van der Waals surface area contributed by atoms with Crippen molar-refractivity contribution in [3.63, 3.8) is 0 Å². The van der Waals surface area contributed by atoms with Crippen LogP contribution in [0.4, 0.5) is 0 Å². The monoisotopic (exact) mass is 149 g/mol. The van der Waals surface area contributed by atoms with Gasteiger partial charge in [0.05, 0.1) is 0 Å². The Morgan fingerprint density at radius 1 is 1.36 bits per heavy atom. The van der Waals surface area contributed by atoms with Crippen molar-refractivity contribution in [3.05, 3.63) is 30.3 Å². The Morgan fingerprint density at radius 3 is 2.55 bits per heavy atom. The average Bonchev–Trinajstić information content (AvgIpc) is 2.06. The Bertz CT molecular complexity index is 256. The largest absolute Gasteiger partial charge is 0.422 e. The predicted octanol–water partition coefficient (Wildman–Crippen LogP) is 1.24. The molecule has 0 atom stereocenters. The van der Waals surface area contributed by atoms with Crippen LogP contribution >= 0.6 is 0 Å². The van der Waals surface area contributed by atoms with Crippen LogP contribution in [0, 0.1) is 5.41 Å². The number of nitrogens with one attached hydrogen (secondary N) is 1. The number of carbonyl (C=O) groups is 1. The minimum absolute atomic E-state index is 0.459. The molecule has 1 N–H and O–H groups in total. The average molecular weight is 149 g/mol. The number of benzene rings is 1. The third kappa shape index (κ3) is 2.21. The molecule has 0 saturated carbocycles. The highest BCUT2D eigenvalue weighted by molar-refractivity contribution is 6.22. The standard InChI is InChI=1S/C8H7NO2/c9-6-8(10)11-7-4-2-1-3-5-7/h1-6,9H. The van der Waals surface area contributed by atoms with Gasteiger partial charge in [-0.1, -0.05) is 18.2 Å². The molecule has 0 bridgehead atoms. The maximum absolute atomic E-state index is 10.5. The summed E-state index contributed by atoms with van der Waals surface area (Å²) in [5, 5.41) is 6.56. The molecule has 1 aromatic rings. The van der Waals surface area contributed by atoms with E-state index in [1.54, 1.807) is 24.3 Å². The van der Waals surface area contributed by atoms with Gasteiger partial charge in [-0.15, -0.1) is 0 Å². The van der Waals surface area contributed by atoms with Gasteiger partial charge < -0.3 is 10.1 Å². The molecule has 0 aliphatic carbocycles. The molecule has 0 spiro atoms. The van der Waals surface area contributed by atoms with E-state index in [9.17, 15) is 4.79 Å². The van der Waals surface area contributed by atoms with Crippen molar-refractivity contribution in [2.45, 2.75) is 0 Å². The minimum atomic E-state index is -0.656. The molecule has 0 unspecified atom stereocenters. The van der Waals surface area contributed by atoms with Gasteiger partial charge in [0.25, 0.3) is 0 Å². The van der Waals surface area contributed by atoms with Crippen LogP contribution in [0.3, 0.4) is 0 Å². The predicted molar refractivity (Wildman–Crippen MR) is 40.9 cm³/mol. The Hall–Kier alpha value is -1.64. The third-order valence-corrected chi connectivity index (χ3v) is 1.08. The number of hydrogen-bond acceptors (Lipinski definition) is 3. The second-order valence-corrected chi connectivity index (χ2v) is 1.88. The van der Waals surface area contributed by atoms with E-state index in [1.165, 1.54) is 0 Å². The van der Waals surface area contributed by atoms with Gasteiger partial charge in [0.1, 0.15) is 12.0 Å². The zero-order valence-corrected chi connectivity index (χ0v) is 5.78. The summed E-state index contributed by atoms with van der Waals surface area (Å²) in [6.45, 7) is 0. The molecule has 11 heavy (non-hydrogen) atoms. The molecular weight excluding hydrogens is 142 g/mol. The van der Waals surface area contributed by atoms with E-state index in [2.05, 4.69) is 4.74 Å². The first-order chi connectivity index (χ1) is 5.33. The van der Waals surface area contributed by atoms with Crippen molar-refractivity contribution >= 4 is 12.2 Å². The van der Waals surface area contributed by atoms with Crippen molar-refractivity contribution in [2.75, 3.05) is 0 Å². The van der Waals surface area contributed by atoms with E-state index in [-0.39, 0.29) is 0 Å². The van der Waals surface area contributed by atoms with E-state index >= 15 is 0 Å². The molecule has 0 radical (unpaired) electrons. The van der Waals surface area contributed by atoms with Crippen molar-refractivity contribution in [1.82, 2.24) is 0 Å². The van der Waals surface area contributed by atoms with Gasteiger partial charge in [-0.25, -0.2) is 4.79 Å². The molecule has 3 heteroatoms. The second-order valence-electron chi connectivity index (χ2n) is 1.88. The molecule has 0 aromatic heterocycles. The molecule has 1 rings (SSSR count). The summed E-state index contributed by atoms with van der Waals surface area (Å²) < 4.78 is 4.68. The molecule has 3 nitrogen and oxygen atoms in total. The summed E-state index contributed by atoms with van der Waals surface area (Å²) in [7, 11) is 0. The maximum Gasteiger partial charge on any atom is 0.354 e. The van der Waals surface area contributed by atoms with Gasteiger partial charge in [-0.05, 0) is 12.1 Å². The Morgan fingerprint density at radius 2 is 2.00 bits per heavy atom. The normalized spacial score (nSPS) is 8.73. The molecule has 0 heterocycles. The fourth-order valence-electron chi connectivity index (χ4n) is 0.634. The zero-order chi connectivity index (χ0) is 8.10. The molecular formula is C8H7NO2. The number of hydrogen-bond donors (Lipinski definition) is 1. The first kappa shape index (κ1) is 7.47. The number of para-hydroxylation sites is 1. The Balaban J connectivity index is 2.65. The van der Waals surface area contributed by atoms with Crippen molar-refractivity contribution in [3.8, 4) is 5.75 Å². The maximum atomic E-state index is 10.5. The van der Waals surface area contributed by atoms with Gasteiger partial charge in [0.2, 0.25) is 0 Å². The van der Waals surface area contributed by atoms with Gasteiger partial charge in [0, 0.05) is 0 Å². The summed E-state index contributed by atoms with van der Waals surface area (Å²) in [5.41, 5.74) is 0. The highest BCUT2D eigenvalue weighted by Crippen LogP contribution is 2.07. The van der Waals surface area contributed by atoms with E-state index in [1.807, 2.05) is 6.07 Å². The second kappa shape index (κ2) is 3.51. The van der Waals surface area contributed by atoms with Gasteiger partial charge in [-0.2, -0.15) is 0 Å². The highest BCUT2D eigenvalue weighted by atomic mass is 16.5. The highest BCUT2D eigenvalue weighted by Gasteiger charge is 1.96. The SMILES string of the molecule is N=CC(=O)Oc1ccccc1. The molecule has 0 fully saturated rings. The van der Waals surface area contributed by atoms with Gasteiger partial charge in [-0.3, -0.25) is 0 Å². The minimum Gasteiger partial charge on any atom is -0.422 e. The van der Waals surface area contributed by atoms with Gasteiger partial charge in [0.15, 0.2) is 0 Å². The van der Waals surface area contributed by atoms with Crippen LogP contribution in [0.2, 0.25) is 0 Å². The van der Waals surface area contributed by atoms with Crippen LogP contribution in [-0.4, -0.2) is 12.2 Å². The summed E-state index contributed by atoms with van der Waals surface area (Å²) in [6, 6.07) is 8.64. The summed E-state index contributed by atoms with van der Waals surface area (Å²) in [5.74, 6) is -0.197. The Kier molecular flexibility index (Phi) is 2.38. The number of rotatable bonds is 2. The first-order valence-electron chi connectivity index (χ1n) is 3.10. The van der Waals surface area contributed by atoms with Crippen LogP contribution in [0.1, 0.15) is 0 Å². The molecule has 0 aliphatic rings. The quantitative estimate of drug-likeness (QED) is 0.390. The van der Waals surface area contributed by atoms with Crippen LogP contribution in [0.15, 0.2) is 30.3 Å². The number of ether oxygens (including phenoxy) is 1. The van der Waals surface area contributed by atoms with Crippen molar-refractivity contribution in [2.24, 2.45) is 0 Å². The van der Waals surface area contributed by atoms with E-state index in [4.69, 9.17) is 5.41 Å². The van der Waals surface area contributed by atoms with Crippen LogP contribution in [0.5, 0.6) is 5.75 Å². The lowest BCUT2D eigenvalue weighted by molar-refractivity contribution is -0.126. The van der Waals surface area contributed by atoms with Crippen molar-refractivity contribution < 1.29 is 9.53 Å². The molecule has 56 valence electrons. The van der Waals surface area contributed by atoms with Crippen LogP contribution < -0.4 is 4.74 Å². The molecule has 0 saturated heterocycles. The Labute approximate surface area is 64.1 Å². The summed E-state index contributed by atoms with van der Waals surface area (Å²) >= 11 is 0. The smallest absolute Gasteiger partial charge is 0.354 e. The van der Waals surface area contributed by atoms with Crippen LogP contribution in [-0.2, 0) is 4.79 Å². The molecule has 0 aliphatic heterocycles. The fraction of sp³-hybridized carbons (Fsp3) is 0. The zero-order valence-electron chi connectivity index (χ0n) is 5.78. The van der Waals surface area contributed by atoms with E-state index in [0.29, 0.717) is 12.0 Å². The van der Waals surface area contributed by atoms with E-state index in [0.717, 1.165) is 0 Å². The topological polar surface area (TPSA) is 50.2 Å².